The van der Waals surface area contributed by atoms with Crippen LogP contribution >= 0.6 is 0 Å². The summed E-state index contributed by atoms with van der Waals surface area (Å²) in [5.41, 5.74) is 1.28. The first-order chi connectivity index (χ1) is 10.6. The fourth-order valence-corrected chi connectivity index (χ4v) is 2.60. The molecule has 1 aromatic carbocycles. The highest BCUT2D eigenvalue weighted by molar-refractivity contribution is 5.85. The third kappa shape index (κ3) is 4.76. The first kappa shape index (κ1) is 16.3. The van der Waals surface area contributed by atoms with Gasteiger partial charge in [0.2, 0.25) is 5.91 Å². The van der Waals surface area contributed by atoms with Crippen LogP contribution in [0.2, 0.25) is 0 Å². The average Bonchev–Trinajstić information content (AvgIpc) is 2.51. The molecule has 1 saturated heterocycles. The molecule has 0 radical (unpaired) electrons. The summed E-state index contributed by atoms with van der Waals surface area (Å²) in [5.74, 6) is 0.765. The van der Waals surface area contributed by atoms with E-state index in [1.165, 1.54) is 5.56 Å². The number of carbonyl (C=O) groups is 2. The van der Waals surface area contributed by atoms with Gasteiger partial charge in [-0.1, -0.05) is 44.2 Å². The Morgan fingerprint density at radius 3 is 2.68 bits per heavy atom. The molecule has 1 fully saturated rings. The lowest BCUT2D eigenvalue weighted by atomic mass is 9.89. The number of benzene rings is 1. The molecule has 0 aromatic heterocycles. The van der Waals surface area contributed by atoms with Crippen LogP contribution < -0.4 is 10.6 Å². The van der Waals surface area contributed by atoms with Gasteiger partial charge in [0.25, 0.3) is 0 Å². The Balaban J connectivity index is 1.86. The van der Waals surface area contributed by atoms with E-state index in [0.717, 1.165) is 6.42 Å². The monoisotopic (exact) mass is 303 g/mol. The Bertz CT molecular complexity index is 502. The van der Waals surface area contributed by atoms with Crippen molar-refractivity contribution < 1.29 is 9.59 Å². The topological polar surface area (TPSA) is 61.4 Å². The lowest BCUT2D eigenvalue weighted by Gasteiger charge is -2.28. The number of nitrogens with zero attached hydrogens (tertiary/aromatic N) is 1. The van der Waals surface area contributed by atoms with Crippen molar-refractivity contribution in [1.29, 1.82) is 0 Å². The van der Waals surface area contributed by atoms with Crippen molar-refractivity contribution >= 4 is 11.9 Å². The van der Waals surface area contributed by atoms with Gasteiger partial charge in [-0.2, -0.15) is 0 Å². The zero-order valence-electron chi connectivity index (χ0n) is 13.3. The maximum atomic E-state index is 12.2. The summed E-state index contributed by atoms with van der Waals surface area (Å²) in [5, 5.41) is 5.70. The molecule has 0 bridgehead atoms. The van der Waals surface area contributed by atoms with Crippen molar-refractivity contribution in [3.63, 3.8) is 0 Å². The molecule has 1 aromatic rings. The van der Waals surface area contributed by atoms with Crippen LogP contribution in [-0.2, 0) is 11.2 Å². The normalized spacial score (nSPS) is 16.3. The van der Waals surface area contributed by atoms with Gasteiger partial charge in [0.15, 0.2) is 0 Å². The number of urea groups is 1. The Hall–Kier alpha value is -2.04. The number of nitrogens with one attached hydrogen (secondary N) is 2. The zero-order chi connectivity index (χ0) is 15.9. The molecule has 2 rings (SSSR count). The highest BCUT2D eigenvalue weighted by Crippen LogP contribution is 2.16. The quantitative estimate of drug-likeness (QED) is 0.869. The summed E-state index contributed by atoms with van der Waals surface area (Å²) < 4.78 is 0. The van der Waals surface area contributed by atoms with Crippen molar-refractivity contribution in [2.24, 2.45) is 11.8 Å². The van der Waals surface area contributed by atoms with Crippen molar-refractivity contribution in [3.8, 4) is 0 Å². The van der Waals surface area contributed by atoms with Crippen LogP contribution in [0.5, 0.6) is 0 Å². The molecule has 5 nitrogen and oxygen atoms in total. The number of amides is 3. The molecule has 0 unspecified atom stereocenters. The molecule has 0 aliphatic carbocycles. The van der Waals surface area contributed by atoms with Crippen LogP contribution in [0.3, 0.4) is 0 Å². The third-order valence-corrected chi connectivity index (χ3v) is 4.12. The molecule has 5 heteroatoms. The maximum Gasteiger partial charge on any atom is 0.317 e. The van der Waals surface area contributed by atoms with Crippen molar-refractivity contribution in [2.45, 2.75) is 20.3 Å². The minimum absolute atomic E-state index is 0.0916. The molecule has 1 atom stereocenters. The summed E-state index contributed by atoms with van der Waals surface area (Å²) in [6, 6.07) is 10.2. The maximum absolute atomic E-state index is 12.2. The fraction of sp³-hybridized carbons (Fsp3) is 0.529. The Labute approximate surface area is 132 Å². The first-order valence-electron chi connectivity index (χ1n) is 7.89. The first-order valence-corrected chi connectivity index (χ1v) is 7.89. The van der Waals surface area contributed by atoms with E-state index in [4.69, 9.17) is 0 Å². The summed E-state index contributed by atoms with van der Waals surface area (Å²) in [7, 11) is 0. The summed E-state index contributed by atoms with van der Waals surface area (Å²) >= 11 is 0. The molecule has 0 spiro atoms. The van der Waals surface area contributed by atoms with Crippen molar-refractivity contribution in [3.05, 3.63) is 35.9 Å². The van der Waals surface area contributed by atoms with Crippen LogP contribution in [0.1, 0.15) is 19.4 Å². The van der Waals surface area contributed by atoms with Crippen LogP contribution in [0.25, 0.3) is 0 Å². The summed E-state index contributed by atoms with van der Waals surface area (Å²) in [4.78, 5) is 25.1. The van der Waals surface area contributed by atoms with Gasteiger partial charge in [0.05, 0.1) is 0 Å². The summed E-state index contributed by atoms with van der Waals surface area (Å²) in [6.07, 6.45) is 0.944. The molecule has 1 aliphatic rings. The van der Waals surface area contributed by atoms with Gasteiger partial charge in [-0.15, -0.1) is 0 Å². The van der Waals surface area contributed by atoms with Crippen LogP contribution in [0.4, 0.5) is 4.79 Å². The number of hydrogen-bond donors (Lipinski definition) is 2. The van der Waals surface area contributed by atoms with Gasteiger partial charge in [-0.3, -0.25) is 4.79 Å². The van der Waals surface area contributed by atoms with E-state index in [1.807, 2.05) is 18.2 Å². The lowest BCUT2D eigenvalue weighted by Crippen LogP contribution is -2.53. The van der Waals surface area contributed by atoms with E-state index >= 15 is 0 Å². The molecule has 120 valence electrons. The molecular weight excluding hydrogens is 278 g/mol. The molecule has 2 N–H and O–H groups in total. The third-order valence-electron chi connectivity index (χ3n) is 4.12. The van der Waals surface area contributed by atoms with E-state index in [9.17, 15) is 9.59 Å². The van der Waals surface area contributed by atoms with Gasteiger partial charge < -0.3 is 15.5 Å². The average molecular weight is 303 g/mol. The van der Waals surface area contributed by atoms with Crippen molar-refractivity contribution in [2.75, 3.05) is 26.2 Å². The van der Waals surface area contributed by atoms with E-state index in [0.29, 0.717) is 31.5 Å². The Kier molecular flexibility index (Phi) is 5.81. The second-order valence-corrected chi connectivity index (χ2v) is 6.15. The predicted octanol–water partition coefficient (Wildman–Crippen LogP) is 1.64. The van der Waals surface area contributed by atoms with E-state index in [-0.39, 0.29) is 18.5 Å². The van der Waals surface area contributed by atoms with E-state index in [2.05, 4.69) is 36.6 Å². The van der Waals surface area contributed by atoms with Crippen LogP contribution in [0, 0.1) is 11.8 Å². The van der Waals surface area contributed by atoms with Gasteiger partial charge in [-0.05, 0) is 23.8 Å². The van der Waals surface area contributed by atoms with E-state index in [1.54, 1.807) is 4.90 Å². The minimum atomic E-state index is -0.145. The van der Waals surface area contributed by atoms with Gasteiger partial charge in [0.1, 0.15) is 6.54 Å². The molecule has 0 saturated carbocycles. The number of rotatable bonds is 5. The van der Waals surface area contributed by atoms with Gasteiger partial charge in [-0.25, -0.2) is 4.79 Å². The van der Waals surface area contributed by atoms with E-state index < -0.39 is 0 Å². The molecule has 3 amide bonds. The standard InChI is InChI=1S/C17H25N3O2/c1-13(2)15(10-14-6-4-3-5-7-14)11-19-17(22)20-9-8-18-16(21)12-20/h3-7,13,15H,8-12H2,1-2H3,(H,18,21)(H,19,22)/t15-/m1/s1. The Morgan fingerprint density at radius 1 is 1.32 bits per heavy atom. The highest BCUT2D eigenvalue weighted by Gasteiger charge is 2.22. The minimum Gasteiger partial charge on any atom is -0.353 e. The van der Waals surface area contributed by atoms with Crippen LogP contribution in [-0.4, -0.2) is 43.0 Å². The molecule has 1 heterocycles. The summed E-state index contributed by atoms with van der Waals surface area (Å²) in [6.45, 7) is 6.23. The van der Waals surface area contributed by atoms with Gasteiger partial charge in [0, 0.05) is 19.6 Å². The number of carbonyl (C=O) groups excluding carboxylic acids is 2. The highest BCUT2D eigenvalue weighted by atomic mass is 16.2. The fourth-order valence-electron chi connectivity index (χ4n) is 2.60. The Morgan fingerprint density at radius 2 is 2.05 bits per heavy atom. The number of piperazine rings is 1. The second kappa shape index (κ2) is 7.82. The molecular formula is C17H25N3O2. The predicted molar refractivity (Wildman–Crippen MR) is 86.5 cm³/mol. The molecule has 22 heavy (non-hydrogen) atoms. The lowest BCUT2D eigenvalue weighted by molar-refractivity contribution is -0.123. The number of hydrogen-bond acceptors (Lipinski definition) is 2. The largest absolute Gasteiger partial charge is 0.353 e. The van der Waals surface area contributed by atoms with Crippen LogP contribution in [0.15, 0.2) is 30.3 Å². The second-order valence-electron chi connectivity index (χ2n) is 6.15. The molecule has 1 aliphatic heterocycles. The van der Waals surface area contributed by atoms with Gasteiger partial charge >= 0.3 is 6.03 Å². The van der Waals surface area contributed by atoms with Crippen molar-refractivity contribution in [1.82, 2.24) is 15.5 Å². The SMILES string of the molecule is CC(C)[C@@H](CNC(=O)N1CCNC(=O)C1)Cc1ccccc1. The smallest absolute Gasteiger partial charge is 0.317 e. The zero-order valence-corrected chi connectivity index (χ0v) is 13.3.